The molecule has 0 bridgehead atoms. The minimum Gasteiger partial charge on any atom is -0.487 e. The fourth-order valence-electron chi connectivity index (χ4n) is 5.22. The molecule has 0 unspecified atom stereocenters. The van der Waals surface area contributed by atoms with Crippen molar-refractivity contribution < 1.29 is 32.2 Å². The number of fused-ring (bicyclic) bond motifs is 1. The first kappa shape index (κ1) is 30.6. The minimum absolute atomic E-state index is 0.121. The van der Waals surface area contributed by atoms with Crippen molar-refractivity contribution in [2.45, 2.75) is 69.0 Å². The summed E-state index contributed by atoms with van der Waals surface area (Å²) in [5.41, 5.74) is 0.242. The van der Waals surface area contributed by atoms with Crippen LogP contribution in [0.2, 0.25) is 0 Å². The third-order valence-electron chi connectivity index (χ3n) is 7.77. The van der Waals surface area contributed by atoms with Gasteiger partial charge in [0.15, 0.2) is 0 Å². The minimum atomic E-state index is -4.06. The van der Waals surface area contributed by atoms with Gasteiger partial charge in [-0.05, 0) is 62.2 Å². The zero-order valence-electron chi connectivity index (χ0n) is 23.7. The van der Waals surface area contributed by atoms with Gasteiger partial charge >= 0.3 is 6.03 Å². The molecule has 4 rings (SSSR count). The molecule has 3 N–H and O–H groups in total. The first-order valence-electron chi connectivity index (χ1n) is 14.0. The quantitative estimate of drug-likeness (QED) is 0.429. The molecule has 0 radical (unpaired) electrons. The van der Waals surface area contributed by atoms with Crippen molar-refractivity contribution >= 4 is 27.6 Å². The van der Waals surface area contributed by atoms with Gasteiger partial charge in [0.25, 0.3) is 15.9 Å². The topological polar surface area (TPSA) is 128 Å². The summed E-state index contributed by atoms with van der Waals surface area (Å²) < 4.78 is 47.9. The number of aliphatic hydroxyl groups excluding tert-OH is 1. The van der Waals surface area contributed by atoms with Crippen molar-refractivity contribution in [3.05, 3.63) is 53.8 Å². The van der Waals surface area contributed by atoms with Gasteiger partial charge in [0.2, 0.25) is 0 Å². The average Bonchev–Trinajstić information content (AvgIpc) is 2.95. The zero-order valence-corrected chi connectivity index (χ0v) is 24.5. The van der Waals surface area contributed by atoms with Gasteiger partial charge in [0.05, 0.1) is 29.7 Å². The predicted octanol–water partition coefficient (Wildman–Crippen LogP) is 3.82. The second kappa shape index (κ2) is 13.1. The number of anilines is 1. The Hall–Kier alpha value is -3.38. The lowest BCUT2D eigenvalue weighted by atomic mass is 9.96. The number of likely N-dealkylation sites (N-methyl/N-ethyl adjacent to an activating group) is 1. The summed E-state index contributed by atoms with van der Waals surface area (Å²) in [4.78, 5) is 29.6. The van der Waals surface area contributed by atoms with Crippen LogP contribution in [0.15, 0.2) is 47.4 Å². The maximum atomic E-state index is 13.7. The van der Waals surface area contributed by atoms with E-state index in [0.29, 0.717) is 0 Å². The van der Waals surface area contributed by atoms with Gasteiger partial charge in [-0.25, -0.2) is 17.6 Å². The number of rotatable bonds is 8. The van der Waals surface area contributed by atoms with E-state index < -0.39 is 33.9 Å². The Labute approximate surface area is 240 Å². The van der Waals surface area contributed by atoms with E-state index in [-0.39, 0.29) is 59.6 Å². The number of aliphatic hydroxyl groups is 1. The van der Waals surface area contributed by atoms with Crippen LogP contribution in [0.5, 0.6) is 5.75 Å². The Morgan fingerprint density at radius 2 is 1.85 bits per heavy atom. The highest BCUT2D eigenvalue weighted by atomic mass is 32.2. The van der Waals surface area contributed by atoms with E-state index in [4.69, 9.17) is 4.74 Å². The van der Waals surface area contributed by atoms with Crippen LogP contribution < -0.4 is 14.8 Å². The van der Waals surface area contributed by atoms with E-state index in [1.807, 2.05) is 6.92 Å². The summed E-state index contributed by atoms with van der Waals surface area (Å²) in [6.07, 6.45) is 4.83. The number of halogens is 1. The molecule has 1 aliphatic carbocycles. The van der Waals surface area contributed by atoms with Gasteiger partial charge in [-0.1, -0.05) is 26.2 Å². The molecular weight excluding hydrogens is 551 g/mol. The lowest BCUT2D eigenvalue weighted by Gasteiger charge is -2.38. The number of hydrogen-bond donors (Lipinski definition) is 3. The molecule has 3 amide bonds. The lowest BCUT2D eigenvalue weighted by Crippen LogP contribution is -2.52. The molecule has 224 valence electrons. The molecule has 1 fully saturated rings. The van der Waals surface area contributed by atoms with Crippen LogP contribution in [0.1, 0.15) is 56.3 Å². The number of ether oxygens (including phenoxy) is 1. The van der Waals surface area contributed by atoms with Gasteiger partial charge in [0, 0.05) is 31.2 Å². The van der Waals surface area contributed by atoms with E-state index in [1.165, 1.54) is 24.6 Å². The van der Waals surface area contributed by atoms with Gasteiger partial charge in [-0.15, -0.1) is 0 Å². The standard InChI is InChI=1S/C29H39FN4O6S/c1-19-16-34(20(2)18-35)28(36)25-15-23(32-41(38,39)24-12-9-21(30)10-13-24)11-14-26(25)40-27(19)17-33(3)29(37)31-22-7-5-4-6-8-22/h9-15,19-20,22,27,32,35H,4-8,16-18H2,1-3H3,(H,31,37)/t19-,20+,27+/m0/s1. The summed E-state index contributed by atoms with van der Waals surface area (Å²) >= 11 is 0. The van der Waals surface area contributed by atoms with Gasteiger partial charge in [-0.3, -0.25) is 9.52 Å². The van der Waals surface area contributed by atoms with Crippen molar-refractivity contribution in [1.29, 1.82) is 0 Å². The Morgan fingerprint density at radius 1 is 1.17 bits per heavy atom. The van der Waals surface area contributed by atoms with E-state index in [2.05, 4.69) is 10.0 Å². The number of carbonyl (C=O) groups is 2. The van der Waals surface area contributed by atoms with Crippen LogP contribution in [0, 0.1) is 11.7 Å². The maximum Gasteiger partial charge on any atom is 0.317 e. The first-order chi connectivity index (χ1) is 19.5. The molecule has 1 aliphatic heterocycles. The molecule has 1 saturated carbocycles. The Balaban J connectivity index is 1.59. The van der Waals surface area contributed by atoms with Crippen LogP contribution in [0.3, 0.4) is 0 Å². The van der Waals surface area contributed by atoms with Crippen LogP contribution in [-0.2, 0) is 10.0 Å². The summed E-state index contributed by atoms with van der Waals surface area (Å²) in [5, 5.41) is 13.0. The molecule has 0 saturated heterocycles. The van der Waals surface area contributed by atoms with Crippen LogP contribution in [-0.4, -0.2) is 80.2 Å². The van der Waals surface area contributed by atoms with Crippen LogP contribution in [0.4, 0.5) is 14.9 Å². The lowest BCUT2D eigenvalue weighted by molar-refractivity contribution is 0.0366. The van der Waals surface area contributed by atoms with Gasteiger partial charge < -0.3 is 25.0 Å². The normalized spacial score (nSPS) is 20.7. The molecule has 2 aliphatic rings. The highest BCUT2D eigenvalue weighted by molar-refractivity contribution is 7.92. The number of urea groups is 1. The zero-order chi connectivity index (χ0) is 29.7. The molecular formula is C29H39FN4O6S. The van der Waals surface area contributed by atoms with Crippen LogP contribution in [0.25, 0.3) is 0 Å². The van der Waals surface area contributed by atoms with Crippen molar-refractivity contribution in [3.63, 3.8) is 0 Å². The maximum absolute atomic E-state index is 13.7. The van der Waals surface area contributed by atoms with E-state index in [9.17, 15) is 27.5 Å². The molecule has 0 aromatic heterocycles. The fraction of sp³-hybridized carbons (Fsp3) is 0.517. The third kappa shape index (κ3) is 7.48. The number of benzene rings is 2. The van der Waals surface area contributed by atoms with Gasteiger partial charge in [-0.2, -0.15) is 0 Å². The molecule has 2 aromatic carbocycles. The fourth-order valence-corrected chi connectivity index (χ4v) is 6.27. The molecule has 10 nitrogen and oxygen atoms in total. The number of hydrogen-bond acceptors (Lipinski definition) is 6. The third-order valence-corrected chi connectivity index (χ3v) is 9.17. The predicted molar refractivity (Wildman–Crippen MR) is 153 cm³/mol. The highest BCUT2D eigenvalue weighted by Crippen LogP contribution is 2.31. The van der Waals surface area contributed by atoms with Crippen molar-refractivity contribution in [2.75, 3.05) is 31.5 Å². The summed E-state index contributed by atoms with van der Waals surface area (Å²) in [6, 6.07) is 8.26. The Morgan fingerprint density at radius 3 is 2.51 bits per heavy atom. The molecule has 41 heavy (non-hydrogen) atoms. The molecule has 2 aromatic rings. The second-order valence-electron chi connectivity index (χ2n) is 11.1. The van der Waals surface area contributed by atoms with Crippen LogP contribution >= 0.6 is 0 Å². The Kier molecular flexibility index (Phi) is 9.75. The SMILES string of the molecule is C[C@H](CO)N1C[C@H](C)[C@@H](CN(C)C(=O)NC2CCCCC2)Oc2ccc(NS(=O)(=O)c3ccc(F)cc3)cc2C1=O. The molecule has 0 spiro atoms. The monoisotopic (exact) mass is 590 g/mol. The first-order valence-corrected chi connectivity index (χ1v) is 15.5. The number of sulfonamides is 1. The smallest absolute Gasteiger partial charge is 0.317 e. The number of amides is 3. The van der Waals surface area contributed by atoms with Crippen molar-refractivity contribution in [1.82, 2.24) is 15.1 Å². The van der Waals surface area contributed by atoms with E-state index >= 15 is 0 Å². The van der Waals surface area contributed by atoms with Crippen molar-refractivity contribution in [2.24, 2.45) is 5.92 Å². The largest absolute Gasteiger partial charge is 0.487 e. The van der Waals surface area contributed by atoms with E-state index in [1.54, 1.807) is 23.8 Å². The van der Waals surface area contributed by atoms with Gasteiger partial charge in [0.1, 0.15) is 17.7 Å². The average molecular weight is 591 g/mol. The summed E-state index contributed by atoms with van der Waals surface area (Å²) in [7, 11) is -2.35. The molecule has 1 heterocycles. The van der Waals surface area contributed by atoms with E-state index in [0.717, 1.165) is 49.9 Å². The second-order valence-corrected chi connectivity index (χ2v) is 12.7. The van der Waals surface area contributed by atoms with Crippen molar-refractivity contribution in [3.8, 4) is 5.75 Å². The summed E-state index contributed by atoms with van der Waals surface area (Å²) in [5.74, 6) is -0.931. The number of nitrogens with one attached hydrogen (secondary N) is 2. The number of carbonyl (C=O) groups excluding carboxylic acids is 2. The summed E-state index contributed by atoms with van der Waals surface area (Å²) in [6.45, 7) is 3.91. The molecule has 12 heteroatoms. The number of nitrogens with zero attached hydrogens (tertiary/aromatic N) is 2. The molecule has 3 atom stereocenters. The highest BCUT2D eigenvalue weighted by Gasteiger charge is 2.34. The Bertz CT molecular complexity index is 1330.